The summed E-state index contributed by atoms with van der Waals surface area (Å²) in [5, 5.41) is 0.272. The van der Waals surface area contributed by atoms with Gasteiger partial charge in [0.15, 0.2) is 0 Å². The van der Waals surface area contributed by atoms with Gasteiger partial charge < -0.3 is 0 Å². The molecular formula is C7H3BrCl4O2S2. The van der Waals surface area contributed by atoms with Gasteiger partial charge in [-0.15, -0.1) is 12.6 Å². The van der Waals surface area contributed by atoms with Gasteiger partial charge in [-0.2, -0.15) is 0 Å². The second-order valence-corrected chi connectivity index (χ2v) is 9.66. The molecule has 0 amide bonds. The van der Waals surface area contributed by atoms with Crippen LogP contribution in [-0.2, 0) is 9.84 Å². The highest BCUT2D eigenvalue weighted by Gasteiger charge is 2.38. The molecule has 16 heavy (non-hydrogen) atoms. The van der Waals surface area contributed by atoms with E-state index < -0.39 is 12.8 Å². The van der Waals surface area contributed by atoms with Crippen LogP contribution in [-0.4, -0.2) is 11.4 Å². The summed E-state index contributed by atoms with van der Waals surface area (Å²) < 4.78 is 21.7. The molecule has 0 aliphatic carbocycles. The highest BCUT2D eigenvalue weighted by atomic mass is 79.9. The van der Waals surface area contributed by atoms with E-state index in [1.165, 1.54) is 12.1 Å². The standard InChI is InChI=1S/C7H3BrCl4O2S2/c8-6-4(9)1-3(2-5(6)10)16(13,14)7(11,12)15/h1-2,15H. The monoisotopic (exact) mass is 402 g/mol. The third kappa shape index (κ3) is 2.94. The maximum Gasteiger partial charge on any atom is 0.266 e. The summed E-state index contributed by atoms with van der Waals surface area (Å²) in [5.41, 5.74) is 0. The van der Waals surface area contributed by atoms with E-state index in [0.29, 0.717) is 4.47 Å². The van der Waals surface area contributed by atoms with E-state index in [2.05, 4.69) is 28.6 Å². The predicted octanol–water partition coefficient (Wildman–Crippen LogP) is 4.55. The largest absolute Gasteiger partial charge is 0.266 e. The summed E-state index contributed by atoms with van der Waals surface area (Å²) in [4.78, 5) is -0.203. The predicted molar refractivity (Wildman–Crippen MR) is 74.8 cm³/mol. The first-order valence-corrected chi connectivity index (χ1v) is 7.80. The van der Waals surface area contributed by atoms with Gasteiger partial charge in [0.05, 0.1) is 19.4 Å². The van der Waals surface area contributed by atoms with E-state index >= 15 is 0 Å². The van der Waals surface area contributed by atoms with E-state index in [1.54, 1.807) is 0 Å². The second kappa shape index (κ2) is 5.03. The van der Waals surface area contributed by atoms with Gasteiger partial charge in [-0.25, -0.2) is 8.42 Å². The second-order valence-electron chi connectivity index (χ2n) is 2.69. The molecule has 0 unspecified atom stereocenters. The van der Waals surface area contributed by atoms with Crippen LogP contribution in [0.1, 0.15) is 0 Å². The SMILES string of the molecule is O=S(=O)(c1cc(Cl)c(Br)c(Cl)c1)C(S)(Cl)Cl. The van der Waals surface area contributed by atoms with Crippen LogP contribution in [0, 0.1) is 0 Å². The minimum absolute atomic E-state index is 0.136. The third-order valence-corrected chi connectivity index (χ3v) is 6.94. The Kier molecular flexibility index (Phi) is 4.79. The maximum absolute atomic E-state index is 11.8. The van der Waals surface area contributed by atoms with Crippen LogP contribution >= 0.6 is 75.0 Å². The number of halogens is 5. The molecule has 0 bridgehead atoms. The molecule has 0 spiro atoms. The Morgan fingerprint density at radius 2 is 1.56 bits per heavy atom. The average Bonchev–Trinajstić information content (AvgIpc) is 2.11. The summed E-state index contributed by atoms with van der Waals surface area (Å²) >= 11 is 29.1. The number of hydrogen-bond acceptors (Lipinski definition) is 3. The van der Waals surface area contributed by atoms with Gasteiger partial charge in [0.2, 0.25) is 9.84 Å². The molecule has 9 heteroatoms. The first kappa shape index (κ1) is 15.2. The fourth-order valence-electron chi connectivity index (χ4n) is 0.829. The summed E-state index contributed by atoms with van der Waals surface area (Å²) in [6.07, 6.45) is 0. The van der Waals surface area contributed by atoms with E-state index in [1.807, 2.05) is 0 Å². The number of thiol groups is 1. The van der Waals surface area contributed by atoms with Crippen LogP contribution in [0.2, 0.25) is 10.0 Å². The van der Waals surface area contributed by atoms with Crippen molar-refractivity contribution < 1.29 is 8.42 Å². The molecule has 0 radical (unpaired) electrons. The zero-order valence-corrected chi connectivity index (χ0v) is 13.5. The Morgan fingerprint density at radius 3 is 1.88 bits per heavy atom. The highest BCUT2D eigenvalue weighted by molar-refractivity contribution is 9.10. The van der Waals surface area contributed by atoms with Gasteiger partial charge in [-0.05, 0) is 28.1 Å². The van der Waals surface area contributed by atoms with Crippen LogP contribution in [0.15, 0.2) is 21.5 Å². The molecule has 1 rings (SSSR count). The van der Waals surface area contributed by atoms with Crippen molar-refractivity contribution in [2.45, 2.75) is 7.89 Å². The molecule has 1 aromatic rings. The Labute approximate surface area is 127 Å². The van der Waals surface area contributed by atoms with Crippen molar-refractivity contribution >= 4 is 84.8 Å². The lowest BCUT2D eigenvalue weighted by molar-refractivity contribution is 0.597. The van der Waals surface area contributed by atoms with Crippen molar-refractivity contribution in [2.24, 2.45) is 0 Å². The maximum atomic E-state index is 11.8. The molecule has 0 N–H and O–H groups in total. The topological polar surface area (TPSA) is 34.1 Å². The van der Waals surface area contributed by atoms with Crippen LogP contribution in [0.3, 0.4) is 0 Å². The van der Waals surface area contributed by atoms with E-state index in [0.717, 1.165) is 0 Å². The van der Waals surface area contributed by atoms with E-state index in [-0.39, 0.29) is 14.9 Å². The lowest BCUT2D eigenvalue weighted by atomic mass is 10.4. The Balaban J connectivity index is 3.49. The molecule has 0 aliphatic heterocycles. The zero-order chi connectivity index (χ0) is 12.7. The highest BCUT2D eigenvalue weighted by Crippen LogP contribution is 2.40. The Morgan fingerprint density at radius 1 is 1.19 bits per heavy atom. The molecule has 0 atom stereocenters. The van der Waals surface area contributed by atoms with Gasteiger partial charge in [-0.1, -0.05) is 46.4 Å². The molecule has 0 aromatic heterocycles. The number of sulfone groups is 1. The fourth-order valence-corrected chi connectivity index (χ4v) is 3.35. The first-order valence-electron chi connectivity index (χ1n) is 3.56. The fraction of sp³-hybridized carbons (Fsp3) is 0.143. The number of hydrogen-bond donors (Lipinski definition) is 1. The minimum Gasteiger partial charge on any atom is -0.220 e. The van der Waals surface area contributed by atoms with Gasteiger partial charge >= 0.3 is 0 Å². The summed E-state index contributed by atoms with van der Waals surface area (Å²) in [7, 11) is -4.03. The van der Waals surface area contributed by atoms with Crippen LogP contribution in [0.4, 0.5) is 0 Å². The molecule has 0 heterocycles. The van der Waals surface area contributed by atoms with Crippen LogP contribution < -0.4 is 0 Å². The van der Waals surface area contributed by atoms with Crippen molar-refractivity contribution in [2.75, 3.05) is 0 Å². The third-order valence-electron chi connectivity index (χ3n) is 1.59. The van der Waals surface area contributed by atoms with Crippen molar-refractivity contribution in [3.8, 4) is 0 Å². The minimum atomic E-state index is -4.03. The van der Waals surface area contributed by atoms with E-state index in [4.69, 9.17) is 46.4 Å². The molecule has 2 nitrogen and oxygen atoms in total. The molecule has 0 aliphatic rings. The molecule has 0 fully saturated rings. The van der Waals surface area contributed by atoms with E-state index in [9.17, 15) is 8.42 Å². The zero-order valence-electron chi connectivity index (χ0n) is 7.22. The van der Waals surface area contributed by atoms with Gasteiger partial charge in [0.25, 0.3) is 3.00 Å². The molecule has 1 aromatic carbocycles. The first-order chi connectivity index (χ1) is 7.07. The summed E-state index contributed by atoms with van der Waals surface area (Å²) in [6.45, 7) is 0. The van der Waals surface area contributed by atoms with Crippen LogP contribution in [0.5, 0.6) is 0 Å². The molecule has 0 saturated heterocycles. The van der Waals surface area contributed by atoms with Crippen LogP contribution in [0.25, 0.3) is 0 Å². The van der Waals surface area contributed by atoms with Crippen molar-refractivity contribution in [1.29, 1.82) is 0 Å². The summed E-state index contributed by atoms with van der Waals surface area (Å²) in [5.74, 6) is 0. The van der Waals surface area contributed by atoms with Crippen molar-refractivity contribution in [3.63, 3.8) is 0 Å². The molecule has 90 valence electrons. The quantitative estimate of drug-likeness (QED) is 0.446. The normalized spacial score (nSPS) is 12.9. The molecular weight excluding hydrogens is 402 g/mol. The number of rotatable bonds is 2. The summed E-state index contributed by atoms with van der Waals surface area (Å²) in [6, 6.07) is 2.37. The van der Waals surface area contributed by atoms with Gasteiger partial charge in [0, 0.05) is 0 Å². The molecule has 0 saturated carbocycles. The number of benzene rings is 1. The smallest absolute Gasteiger partial charge is 0.220 e. The van der Waals surface area contributed by atoms with Crippen molar-refractivity contribution in [3.05, 3.63) is 26.7 Å². The van der Waals surface area contributed by atoms with Gasteiger partial charge in [-0.3, -0.25) is 0 Å². The average molecular weight is 405 g/mol. The number of alkyl halides is 2. The Hall–Kier alpha value is 1.16. The van der Waals surface area contributed by atoms with Crippen molar-refractivity contribution in [1.82, 2.24) is 0 Å². The lowest BCUT2D eigenvalue weighted by Crippen LogP contribution is -2.19. The Bertz CT molecular complexity index is 501. The lowest BCUT2D eigenvalue weighted by Gasteiger charge is -2.14. The van der Waals surface area contributed by atoms with Gasteiger partial charge in [0.1, 0.15) is 0 Å².